The van der Waals surface area contributed by atoms with E-state index in [1.807, 2.05) is 48.3 Å². The van der Waals surface area contributed by atoms with Crippen LogP contribution in [0.25, 0.3) is 0 Å². The molecule has 2 aromatic rings. The highest BCUT2D eigenvalue weighted by Crippen LogP contribution is 2.49. The molecule has 2 aromatic carbocycles. The second-order valence-corrected chi connectivity index (χ2v) is 6.20. The first-order valence-electron chi connectivity index (χ1n) is 8.24. The van der Waals surface area contributed by atoms with Crippen LogP contribution in [0.2, 0.25) is 0 Å². The molecule has 1 unspecified atom stereocenters. The number of rotatable bonds is 3. The quantitative estimate of drug-likeness (QED) is 0.931. The van der Waals surface area contributed by atoms with E-state index in [0.717, 1.165) is 29.8 Å². The zero-order valence-electron chi connectivity index (χ0n) is 14.2. The number of fused-ring (bicyclic) bond motifs is 2. The van der Waals surface area contributed by atoms with Gasteiger partial charge in [-0.25, -0.2) is 0 Å². The summed E-state index contributed by atoms with van der Waals surface area (Å²) in [6.45, 7) is 0.952. The molecule has 1 N–H and O–H groups in total. The molecule has 0 saturated heterocycles. The molecular weight excluding hydrogens is 320 g/mol. The largest absolute Gasteiger partial charge is 0.492 e. The molecule has 0 fully saturated rings. The lowest BCUT2D eigenvalue weighted by Crippen LogP contribution is -2.39. The number of hydrogen-bond acceptors (Lipinski definition) is 5. The molecule has 2 heterocycles. The van der Waals surface area contributed by atoms with Crippen molar-refractivity contribution >= 4 is 11.6 Å². The lowest BCUT2D eigenvalue weighted by atomic mass is 9.90. The van der Waals surface area contributed by atoms with Crippen LogP contribution in [0.3, 0.4) is 0 Å². The molecule has 6 nitrogen and oxygen atoms in total. The lowest BCUT2D eigenvalue weighted by Gasteiger charge is -2.34. The van der Waals surface area contributed by atoms with Gasteiger partial charge in [0, 0.05) is 17.8 Å². The van der Waals surface area contributed by atoms with E-state index in [1.54, 1.807) is 7.11 Å². The van der Waals surface area contributed by atoms with Gasteiger partial charge < -0.3 is 19.5 Å². The van der Waals surface area contributed by atoms with E-state index in [1.165, 1.54) is 0 Å². The molecule has 0 bridgehead atoms. The van der Waals surface area contributed by atoms with Crippen LogP contribution in [0.4, 0.5) is 5.69 Å². The molecule has 1 atom stereocenters. The number of amides is 1. The molecule has 2 aliphatic heterocycles. The molecule has 0 spiro atoms. The Kier molecular flexibility index (Phi) is 3.97. The van der Waals surface area contributed by atoms with Gasteiger partial charge in [0.05, 0.1) is 7.11 Å². The summed E-state index contributed by atoms with van der Waals surface area (Å²) in [5.41, 5.74) is 2.69. The van der Waals surface area contributed by atoms with Gasteiger partial charge in [-0.3, -0.25) is 9.69 Å². The van der Waals surface area contributed by atoms with E-state index in [2.05, 4.69) is 5.32 Å². The van der Waals surface area contributed by atoms with Crippen LogP contribution in [0.5, 0.6) is 17.2 Å². The van der Waals surface area contributed by atoms with Crippen molar-refractivity contribution in [2.45, 2.75) is 12.5 Å². The van der Waals surface area contributed by atoms with Gasteiger partial charge in [0.15, 0.2) is 11.5 Å². The van der Waals surface area contributed by atoms with E-state index < -0.39 is 6.04 Å². The molecule has 1 amide bonds. The Bertz CT molecular complexity index is 807. The molecule has 6 heteroatoms. The first-order valence-corrected chi connectivity index (χ1v) is 8.24. The van der Waals surface area contributed by atoms with Crippen LogP contribution >= 0.6 is 0 Å². The van der Waals surface area contributed by atoms with E-state index in [-0.39, 0.29) is 12.7 Å². The highest BCUT2D eigenvalue weighted by atomic mass is 16.7. The predicted molar refractivity (Wildman–Crippen MR) is 93.3 cm³/mol. The van der Waals surface area contributed by atoms with E-state index >= 15 is 0 Å². The van der Waals surface area contributed by atoms with Gasteiger partial charge in [0.25, 0.3) is 0 Å². The summed E-state index contributed by atoms with van der Waals surface area (Å²) in [4.78, 5) is 15.1. The van der Waals surface area contributed by atoms with E-state index in [9.17, 15) is 4.79 Å². The number of carbonyl (C=O) groups is 1. The topological polar surface area (TPSA) is 60.0 Å². The maximum absolute atomic E-state index is 13.0. The molecular formula is C19H20N2O4. The van der Waals surface area contributed by atoms with Crippen molar-refractivity contribution in [2.24, 2.45) is 0 Å². The molecule has 2 aliphatic rings. The molecule has 4 rings (SSSR count). The Labute approximate surface area is 146 Å². The monoisotopic (exact) mass is 340 g/mol. The summed E-state index contributed by atoms with van der Waals surface area (Å²) in [5, 5.41) is 2.99. The summed E-state index contributed by atoms with van der Waals surface area (Å²) < 4.78 is 16.7. The molecule has 25 heavy (non-hydrogen) atoms. The maximum Gasteiger partial charge on any atom is 0.246 e. The third-order valence-electron chi connectivity index (χ3n) is 4.69. The van der Waals surface area contributed by atoms with Gasteiger partial charge in [-0.1, -0.05) is 18.2 Å². The fraction of sp³-hybridized carbons (Fsp3) is 0.316. The fourth-order valence-electron chi connectivity index (χ4n) is 3.50. The molecule has 0 radical (unpaired) electrons. The summed E-state index contributed by atoms with van der Waals surface area (Å²) in [6.07, 6.45) is 0.827. The maximum atomic E-state index is 13.0. The van der Waals surface area contributed by atoms with Crippen molar-refractivity contribution in [2.75, 3.05) is 32.8 Å². The minimum absolute atomic E-state index is 0.0909. The standard InChI is InChI=1S/C19H20N2O4/c1-21-9-8-12-10-14-17(25-11-24-14)18(23-2)15(12)16(21)19(22)20-13-6-4-3-5-7-13/h3-7,10,16H,8-9,11H2,1-2H3,(H,20,22). The number of para-hydroxylation sites is 1. The van der Waals surface area contributed by atoms with Crippen molar-refractivity contribution in [3.05, 3.63) is 47.5 Å². The van der Waals surface area contributed by atoms with Gasteiger partial charge in [-0.2, -0.15) is 0 Å². The van der Waals surface area contributed by atoms with Crippen molar-refractivity contribution in [1.82, 2.24) is 4.90 Å². The average molecular weight is 340 g/mol. The number of likely N-dealkylation sites (N-methyl/N-ethyl adjacent to an activating group) is 1. The Hall–Kier alpha value is -2.73. The van der Waals surface area contributed by atoms with Crippen molar-refractivity contribution in [1.29, 1.82) is 0 Å². The van der Waals surface area contributed by atoms with Crippen LogP contribution in [-0.2, 0) is 11.2 Å². The number of nitrogens with zero attached hydrogens (tertiary/aromatic N) is 1. The number of anilines is 1. The van der Waals surface area contributed by atoms with Crippen LogP contribution in [0.1, 0.15) is 17.2 Å². The fourth-order valence-corrected chi connectivity index (χ4v) is 3.50. The molecule has 0 saturated carbocycles. The number of methoxy groups -OCH3 is 1. The Balaban J connectivity index is 1.76. The highest BCUT2D eigenvalue weighted by molar-refractivity contribution is 5.96. The minimum atomic E-state index is -0.451. The van der Waals surface area contributed by atoms with Gasteiger partial charge in [0.2, 0.25) is 18.4 Å². The van der Waals surface area contributed by atoms with Crippen LogP contribution in [-0.4, -0.2) is 38.3 Å². The number of carbonyl (C=O) groups excluding carboxylic acids is 1. The predicted octanol–water partition coefficient (Wildman–Crippen LogP) is 2.59. The van der Waals surface area contributed by atoms with Crippen LogP contribution in [0.15, 0.2) is 36.4 Å². The van der Waals surface area contributed by atoms with E-state index in [4.69, 9.17) is 14.2 Å². The molecule has 0 aliphatic carbocycles. The van der Waals surface area contributed by atoms with Crippen molar-refractivity contribution < 1.29 is 19.0 Å². The first-order chi connectivity index (χ1) is 12.2. The van der Waals surface area contributed by atoms with Crippen molar-refractivity contribution in [3.8, 4) is 17.2 Å². The Morgan fingerprint density at radius 3 is 2.84 bits per heavy atom. The minimum Gasteiger partial charge on any atom is -0.492 e. The number of hydrogen-bond donors (Lipinski definition) is 1. The molecule has 130 valence electrons. The SMILES string of the molecule is COc1c2c(cc3c1C(C(=O)Nc1ccccc1)N(C)CC3)OCO2. The van der Waals surface area contributed by atoms with E-state index in [0.29, 0.717) is 17.2 Å². The highest BCUT2D eigenvalue weighted by Gasteiger charge is 2.37. The van der Waals surface area contributed by atoms with Gasteiger partial charge in [-0.15, -0.1) is 0 Å². The summed E-state index contributed by atoms with van der Waals surface area (Å²) in [6, 6.07) is 11.0. The number of nitrogens with one attached hydrogen (secondary N) is 1. The zero-order chi connectivity index (χ0) is 17.4. The Morgan fingerprint density at radius 2 is 2.08 bits per heavy atom. The van der Waals surface area contributed by atoms with Gasteiger partial charge in [-0.05, 0) is 37.2 Å². The van der Waals surface area contributed by atoms with Gasteiger partial charge >= 0.3 is 0 Å². The third kappa shape index (κ3) is 2.68. The third-order valence-corrected chi connectivity index (χ3v) is 4.69. The normalized spacial score (nSPS) is 18.6. The summed E-state index contributed by atoms with van der Waals surface area (Å²) in [5.74, 6) is 1.76. The lowest BCUT2D eigenvalue weighted by molar-refractivity contribution is -0.121. The average Bonchev–Trinajstić information content (AvgIpc) is 3.08. The molecule has 0 aromatic heterocycles. The summed E-state index contributed by atoms with van der Waals surface area (Å²) >= 11 is 0. The number of benzene rings is 2. The second-order valence-electron chi connectivity index (χ2n) is 6.20. The second kappa shape index (κ2) is 6.29. The number of ether oxygens (including phenoxy) is 3. The smallest absolute Gasteiger partial charge is 0.246 e. The first kappa shape index (κ1) is 15.8. The zero-order valence-corrected chi connectivity index (χ0v) is 14.2. The van der Waals surface area contributed by atoms with Crippen LogP contribution in [0, 0.1) is 0 Å². The van der Waals surface area contributed by atoms with Crippen molar-refractivity contribution in [3.63, 3.8) is 0 Å². The summed E-state index contributed by atoms with van der Waals surface area (Å²) in [7, 11) is 3.54. The Morgan fingerprint density at radius 1 is 1.28 bits per heavy atom. The van der Waals surface area contributed by atoms with Gasteiger partial charge in [0.1, 0.15) is 6.04 Å². The van der Waals surface area contributed by atoms with Crippen LogP contribution < -0.4 is 19.5 Å².